The molecule has 0 aliphatic rings. The molecule has 0 aliphatic carbocycles. The number of carboxylic acids is 1. The van der Waals surface area contributed by atoms with Crippen molar-refractivity contribution in [3.05, 3.63) is 42.5 Å². The zero-order valence-corrected chi connectivity index (χ0v) is 12.4. The number of rotatable bonds is 6. The predicted molar refractivity (Wildman–Crippen MR) is 79.1 cm³/mol. The molecule has 2 nitrogen and oxygen atoms in total. The molecular weight excluding hydrogens is 240 g/mol. The fourth-order valence-corrected chi connectivity index (χ4v) is 4.04. The predicted octanol–water partition coefficient (Wildman–Crippen LogP) is 3.05. The van der Waals surface area contributed by atoms with Gasteiger partial charge in [-0.15, -0.1) is 6.58 Å². The highest BCUT2D eigenvalue weighted by atomic mass is 28.3. The molecule has 98 valence electrons. The molecule has 0 fully saturated rings. The highest BCUT2D eigenvalue weighted by molar-refractivity contribution is 6.90. The van der Waals surface area contributed by atoms with E-state index >= 15 is 0 Å². The maximum atomic E-state index is 10.8. The minimum atomic E-state index is -1.40. The van der Waals surface area contributed by atoms with E-state index in [2.05, 4.69) is 43.9 Å². The molecule has 0 heterocycles. The van der Waals surface area contributed by atoms with Crippen molar-refractivity contribution in [2.45, 2.75) is 32.5 Å². The van der Waals surface area contributed by atoms with E-state index in [-0.39, 0.29) is 5.92 Å². The fourth-order valence-electron chi connectivity index (χ4n) is 2.01. The Morgan fingerprint density at radius 1 is 1.39 bits per heavy atom. The number of carboxylic acid groups (broad SMARTS) is 1. The zero-order chi connectivity index (χ0) is 13.8. The van der Waals surface area contributed by atoms with Crippen molar-refractivity contribution < 1.29 is 9.90 Å². The molecule has 1 aromatic rings. The van der Waals surface area contributed by atoms with Gasteiger partial charge in [-0.2, -0.15) is 0 Å². The largest absolute Gasteiger partial charge is 0.481 e. The minimum absolute atomic E-state index is 0.325. The second-order valence-electron chi connectivity index (χ2n) is 5.52. The molecule has 0 spiro atoms. The topological polar surface area (TPSA) is 37.3 Å². The summed E-state index contributed by atoms with van der Waals surface area (Å²) in [5.41, 5.74) is 1.09. The van der Waals surface area contributed by atoms with E-state index in [4.69, 9.17) is 5.11 Å². The molecule has 3 heteroatoms. The zero-order valence-electron chi connectivity index (χ0n) is 11.4. The molecule has 0 aromatic heterocycles. The van der Waals surface area contributed by atoms with Crippen LogP contribution in [0.25, 0.3) is 0 Å². The lowest BCUT2D eigenvalue weighted by atomic mass is 10.0. The third kappa shape index (κ3) is 3.84. The maximum absolute atomic E-state index is 10.8. The molecule has 0 saturated carbocycles. The van der Waals surface area contributed by atoms with Crippen molar-refractivity contribution in [2.24, 2.45) is 5.92 Å². The van der Waals surface area contributed by atoms with Crippen LogP contribution in [-0.4, -0.2) is 19.1 Å². The second-order valence-corrected chi connectivity index (χ2v) is 10.3. The molecular formula is C15H22O2Si. The lowest BCUT2D eigenvalue weighted by molar-refractivity contribution is -0.141. The first-order chi connectivity index (χ1) is 8.36. The molecule has 18 heavy (non-hydrogen) atoms. The lowest BCUT2D eigenvalue weighted by Crippen LogP contribution is -2.40. The minimum Gasteiger partial charge on any atom is -0.481 e. The Kier molecular flexibility index (Phi) is 4.90. The molecule has 1 aromatic carbocycles. The van der Waals surface area contributed by atoms with E-state index < -0.39 is 14.0 Å². The van der Waals surface area contributed by atoms with Crippen molar-refractivity contribution in [3.63, 3.8) is 0 Å². The van der Waals surface area contributed by atoms with Crippen LogP contribution in [0.15, 0.2) is 36.9 Å². The van der Waals surface area contributed by atoms with Gasteiger partial charge in [0.2, 0.25) is 0 Å². The van der Waals surface area contributed by atoms with Crippen LogP contribution in [0.1, 0.15) is 12.5 Å². The van der Waals surface area contributed by atoms with Crippen LogP contribution >= 0.6 is 0 Å². The van der Waals surface area contributed by atoms with Gasteiger partial charge in [0.1, 0.15) is 0 Å². The van der Waals surface area contributed by atoms with Crippen molar-refractivity contribution in [1.29, 1.82) is 0 Å². The number of aliphatic carboxylic acids is 1. The number of allylic oxidation sites excluding steroid dienone is 1. The number of benzene rings is 1. The monoisotopic (exact) mass is 262 g/mol. The summed E-state index contributed by atoms with van der Waals surface area (Å²) in [5, 5.41) is 10.3. The number of hydrogen-bond donors (Lipinski definition) is 1. The van der Waals surface area contributed by atoms with E-state index in [1.165, 1.54) is 5.19 Å². The highest BCUT2D eigenvalue weighted by Gasteiger charge is 2.21. The van der Waals surface area contributed by atoms with E-state index in [0.29, 0.717) is 6.42 Å². The summed E-state index contributed by atoms with van der Waals surface area (Å²) < 4.78 is 0. The Hall–Kier alpha value is -1.35. The van der Waals surface area contributed by atoms with Gasteiger partial charge < -0.3 is 5.11 Å². The summed E-state index contributed by atoms with van der Waals surface area (Å²) in [5.74, 6) is -1.06. The van der Waals surface area contributed by atoms with Crippen LogP contribution in [0.4, 0.5) is 0 Å². The van der Waals surface area contributed by atoms with E-state index in [0.717, 1.165) is 11.6 Å². The molecule has 1 rings (SSSR count). The molecule has 0 bridgehead atoms. The first-order valence-electron chi connectivity index (χ1n) is 6.30. The number of hydrogen-bond acceptors (Lipinski definition) is 1. The summed E-state index contributed by atoms with van der Waals surface area (Å²) in [6.45, 7) is 10.2. The Morgan fingerprint density at radius 3 is 2.39 bits per heavy atom. The molecule has 1 atom stereocenters. The van der Waals surface area contributed by atoms with Gasteiger partial charge >= 0.3 is 5.97 Å². The summed E-state index contributed by atoms with van der Waals surface area (Å²) >= 11 is 0. The molecule has 0 unspecified atom stereocenters. The van der Waals surface area contributed by atoms with Crippen LogP contribution in [-0.2, 0) is 11.2 Å². The average Bonchev–Trinajstić information content (AvgIpc) is 2.29. The maximum Gasteiger partial charge on any atom is 0.306 e. The van der Waals surface area contributed by atoms with Gasteiger partial charge in [0, 0.05) is 0 Å². The second kappa shape index (κ2) is 6.00. The number of carbonyl (C=O) groups is 1. The third-order valence-electron chi connectivity index (χ3n) is 3.35. The van der Waals surface area contributed by atoms with Gasteiger partial charge in [-0.3, -0.25) is 4.79 Å². The molecule has 0 aliphatic heterocycles. The Balaban J connectivity index is 2.80. The van der Waals surface area contributed by atoms with E-state index in [1.807, 2.05) is 6.08 Å². The standard InChI is InChI=1S/C15H22O2Si/c1-5-10-18(3,4)14-8-6-13(7-9-14)11-12(2)15(16)17/h5-9,12H,1,10-11H2,2-4H3,(H,16,17)/t12-/m0/s1. The first kappa shape index (κ1) is 14.7. The van der Waals surface area contributed by atoms with Gasteiger partial charge in [0.05, 0.1) is 14.0 Å². The van der Waals surface area contributed by atoms with Crippen LogP contribution in [0.5, 0.6) is 0 Å². The highest BCUT2D eigenvalue weighted by Crippen LogP contribution is 2.13. The Labute approximate surface area is 110 Å². The van der Waals surface area contributed by atoms with Gasteiger partial charge in [0.15, 0.2) is 0 Å². The van der Waals surface area contributed by atoms with Crippen LogP contribution in [0, 0.1) is 5.92 Å². The smallest absolute Gasteiger partial charge is 0.306 e. The van der Waals surface area contributed by atoms with Crippen molar-refractivity contribution >= 4 is 19.2 Å². The molecule has 1 N–H and O–H groups in total. The summed E-state index contributed by atoms with van der Waals surface area (Å²) in [4.78, 5) is 10.8. The first-order valence-corrected chi connectivity index (χ1v) is 9.50. The SMILES string of the molecule is C=CC[Si](C)(C)c1ccc(C[C@H](C)C(=O)O)cc1. The van der Waals surface area contributed by atoms with Gasteiger partial charge in [-0.05, 0) is 18.0 Å². The van der Waals surface area contributed by atoms with Crippen LogP contribution in [0.3, 0.4) is 0 Å². The normalized spacial score (nSPS) is 13.1. The van der Waals surface area contributed by atoms with Gasteiger partial charge in [0.25, 0.3) is 0 Å². The van der Waals surface area contributed by atoms with Crippen LogP contribution < -0.4 is 5.19 Å². The molecule has 0 radical (unpaired) electrons. The average molecular weight is 262 g/mol. The molecule has 0 amide bonds. The van der Waals surface area contributed by atoms with Crippen molar-refractivity contribution in [2.75, 3.05) is 0 Å². The summed E-state index contributed by atoms with van der Waals surface area (Å²) in [6, 6.07) is 9.50. The van der Waals surface area contributed by atoms with Gasteiger partial charge in [-0.25, -0.2) is 0 Å². The van der Waals surface area contributed by atoms with E-state index in [1.54, 1.807) is 6.92 Å². The Bertz CT molecular complexity index is 421. The lowest BCUT2D eigenvalue weighted by Gasteiger charge is -2.21. The van der Waals surface area contributed by atoms with Crippen molar-refractivity contribution in [3.8, 4) is 0 Å². The Morgan fingerprint density at radius 2 is 1.94 bits per heavy atom. The van der Waals surface area contributed by atoms with Crippen molar-refractivity contribution in [1.82, 2.24) is 0 Å². The quantitative estimate of drug-likeness (QED) is 0.632. The summed E-state index contributed by atoms with van der Waals surface area (Å²) in [6.07, 6.45) is 2.59. The van der Waals surface area contributed by atoms with Crippen LogP contribution in [0.2, 0.25) is 19.1 Å². The van der Waals surface area contributed by atoms with Gasteiger partial charge in [-0.1, -0.05) is 55.5 Å². The van der Waals surface area contributed by atoms with E-state index in [9.17, 15) is 4.79 Å². The third-order valence-corrected chi connectivity index (χ3v) is 6.56. The molecule has 0 saturated heterocycles. The fraction of sp³-hybridized carbons (Fsp3) is 0.400. The summed E-state index contributed by atoms with van der Waals surface area (Å²) in [7, 11) is -1.40.